The summed E-state index contributed by atoms with van der Waals surface area (Å²) in [6.45, 7) is 0. The summed E-state index contributed by atoms with van der Waals surface area (Å²) in [5.74, 6) is -0.570. The van der Waals surface area contributed by atoms with Gasteiger partial charge in [-0.1, -0.05) is 24.3 Å². The minimum absolute atomic E-state index is 0.00720. The van der Waals surface area contributed by atoms with E-state index in [1.54, 1.807) is 11.9 Å². The Kier molecular flexibility index (Phi) is 3.83. The molecular formula is C16H19N3O3. The number of hydrogen-bond acceptors (Lipinski definition) is 3. The number of aryl methyl sites for hydroxylation is 1. The standard InChI is InChI=1S/C16H19N3O3/c1-19(14(20)9-12-15(21)18-16(22)17-12)13-8-4-6-10-5-2-3-7-11(10)13/h2-3,5,7,12-13H,4,6,8-9H2,1H3,(H2,17,18,21,22)/t12-,13-/m0/s1. The van der Waals surface area contributed by atoms with Gasteiger partial charge in [0.2, 0.25) is 5.91 Å². The molecule has 2 atom stereocenters. The molecule has 1 aromatic rings. The fourth-order valence-electron chi connectivity index (χ4n) is 3.23. The van der Waals surface area contributed by atoms with E-state index in [0.29, 0.717) is 0 Å². The molecule has 3 rings (SSSR count). The van der Waals surface area contributed by atoms with Gasteiger partial charge in [-0.15, -0.1) is 0 Å². The smallest absolute Gasteiger partial charge is 0.322 e. The molecule has 116 valence electrons. The Morgan fingerprint density at radius 1 is 1.32 bits per heavy atom. The van der Waals surface area contributed by atoms with Crippen molar-refractivity contribution in [3.8, 4) is 0 Å². The highest BCUT2D eigenvalue weighted by Gasteiger charge is 2.34. The van der Waals surface area contributed by atoms with E-state index in [4.69, 9.17) is 0 Å². The van der Waals surface area contributed by atoms with Gasteiger partial charge in [0.15, 0.2) is 0 Å². The molecule has 22 heavy (non-hydrogen) atoms. The van der Waals surface area contributed by atoms with Gasteiger partial charge in [-0.2, -0.15) is 0 Å². The zero-order chi connectivity index (χ0) is 15.7. The second-order valence-corrected chi connectivity index (χ2v) is 5.83. The minimum Gasteiger partial charge on any atom is -0.339 e. The molecule has 6 heteroatoms. The van der Waals surface area contributed by atoms with Crippen LogP contribution in [0.4, 0.5) is 4.79 Å². The molecule has 0 spiro atoms. The maximum Gasteiger partial charge on any atom is 0.322 e. The third-order valence-electron chi connectivity index (χ3n) is 4.44. The van der Waals surface area contributed by atoms with Crippen LogP contribution in [0, 0.1) is 0 Å². The molecule has 6 nitrogen and oxygen atoms in total. The highest BCUT2D eigenvalue weighted by Crippen LogP contribution is 2.33. The van der Waals surface area contributed by atoms with Crippen LogP contribution in [0.5, 0.6) is 0 Å². The summed E-state index contributed by atoms with van der Waals surface area (Å²) in [6.07, 6.45) is 2.99. The molecule has 0 unspecified atom stereocenters. The number of fused-ring (bicyclic) bond motifs is 1. The van der Waals surface area contributed by atoms with E-state index in [9.17, 15) is 14.4 Å². The topological polar surface area (TPSA) is 78.5 Å². The second kappa shape index (κ2) is 5.79. The van der Waals surface area contributed by atoms with Gasteiger partial charge < -0.3 is 10.2 Å². The van der Waals surface area contributed by atoms with Crippen LogP contribution in [-0.2, 0) is 16.0 Å². The third-order valence-corrected chi connectivity index (χ3v) is 4.44. The van der Waals surface area contributed by atoms with E-state index in [0.717, 1.165) is 19.3 Å². The van der Waals surface area contributed by atoms with Crippen LogP contribution < -0.4 is 10.6 Å². The van der Waals surface area contributed by atoms with Gasteiger partial charge >= 0.3 is 6.03 Å². The summed E-state index contributed by atoms with van der Waals surface area (Å²) in [4.78, 5) is 36.8. The molecule has 0 aromatic heterocycles. The number of imide groups is 1. The van der Waals surface area contributed by atoms with E-state index in [1.165, 1.54) is 11.1 Å². The largest absolute Gasteiger partial charge is 0.339 e. The van der Waals surface area contributed by atoms with Gasteiger partial charge in [0.1, 0.15) is 6.04 Å². The summed E-state index contributed by atoms with van der Waals surface area (Å²) >= 11 is 0. The normalized spacial score (nSPS) is 23.5. The van der Waals surface area contributed by atoms with E-state index in [1.807, 2.05) is 12.1 Å². The lowest BCUT2D eigenvalue weighted by Gasteiger charge is -2.33. The molecule has 1 aliphatic carbocycles. The van der Waals surface area contributed by atoms with Crippen molar-refractivity contribution in [3.05, 3.63) is 35.4 Å². The third kappa shape index (κ3) is 2.68. The van der Waals surface area contributed by atoms with Gasteiger partial charge in [-0.3, -0.25) is 14.9 Å². The van der Waals surface area contributed by atoms with Crippen molar-refractivity contribution in [2.24, 2.45) is 0 Å². The maximum absolute atomic E-state index is 12.5. The fraction of sp³-hybridized carbons (Fsp3) is 0.438. The minimum atomic E-state index is -0.763. The number of rotatable bonds is 3. The van der Waals surface area contributed by atoms with Crippen molar-refractivity contribution < 1.29 is 14.4 Å². The summed E-state index contributed by atoms with van der Waals surface area (Å²) in [6, 6.07) is 6.91. The lowest BCUT2D eigenvalue weighted by Crippen LogP contribution is -2.39. The van der Waals surface area contributed by atoms with Crippen LogP contribution >= 0.6 is 0 Å². The van der Waals surface area contributed by atoms with Crippen molar-refractivity contribution in [2.75, 3.05) is 7.05 Å². The van der Waals surface area contributed by atoms with Crippen molar-refractivity contribution in [2.45, 2.75) is 37.8 Å². The zero-order valence-electron chi connectivity index (χ0n) is 12.5. The quantitative estimate of drug-likeness (QED) is 0.821. The van der Waals surface area contributed by atoms with E-state index in [-0.39, 0.29) is 18.4 Å². The van der Waals surface area contributed by atoms with Gasteiger partial charge in [-0.05, 0) is 30.4 Å². The van der Waals surface area contributed by atoms with Crippen LogP contribution in [0.1, 0.15) is 36.4 Å². The lowest BCUT2D eigenvalue weighted by atomic mass is 9.87. The highest BCUT2D eigenvalue weighted by atomic mass is 16.2. The first-order valence-corrected chi connectivity index (χ1v) is 7.51. The van der Waals surface area contributed by atoms with Crippen molar-refractivity contribution in [1.29, 1.82) is 0 Å². The number of nitrogens with zero attached hydrogens (tertiary/aromatic N) is 1. The van der Waals surface area contributed by atoms with Crippen molar-refractivity contribution >= 4 is 17.8 Å². The molecule has 1 aromatic carbocycles. The number of amides is 4. The van der Waals surface area contributed by atoms with E-state index in [2.05, 4.69) is 22.8 Å². The summed E-state index contributed by atoms with van der Waals surface area (Å²) < 4.78 is 0. The highest BCUT2D eigenvalue weighted by molar-refractivity contribution is 6.05. The SMILES string of the molecule is CN(C(=O)C[C@@H]1NC(=O)NC1=O)[C@H]1CCCc2ccccc21. The monoisotopic (exact) mass is 301 g/mol. The number of carbonyl (C=O) groups excluding carboxylic acids is 3. The molecule has 1 fully saturated rings. The molecule has 4 amide bonds. The number of nitrogens with one attached hydrogen (secondary N) is 2. The van der Waals surface area contributed by atoms with E-state index < -0.39 is 18.0 Å². The van der Waals surface area contributed by atoms with Crippen molar-refractivity contribution in [3.63, 3.8) is 0 Å². The van der Waals surface area contributed by atoms with Gasteiger partial charge in [-0.25, -0.2) is 4.79 Å². The van der Waals surface area contributed by atoms with Crippen LogP contribution in [0.2, 0.25) is 0 Å². The first kappa shape index (κ1) is 14.6. The number of benzene rings is 1. The Morgan fingerprint density at radius 2 is 2.09 bits per heavy atom. The van der Waals surface area contributed by atoms with Crippen LogP contribution in [0.3, 0.4) is 0 Å². The Morgan fingerprint density at radius 3 is 2.82 bits per heavy atom. The molecule has 0 saturated carbocycles. The maximum atomic E-state index is 12.5. The second-order valence-electron chi connectivity index (χ2n) is 5.83. The van der Waals surface area contributed by atoms with Crippen LogP contribution in [0.15, 0.2) is 24.3 Å². The Labute approximate surface area is 128 Å². The van der Waals surface area contributed by atoms with Gasteiger partial charge in [0.25, 0.3) is 5.91 Å². The predicted octanol–water partition coefficient (Wildman–Crippen LogP) is 1.12. The van der Waals surface area contributed by atoms with Crippen LogP contribution in [-0.4, -0.2) is 35.8 Å². The first-order valence-electron chi connectivity index (χ1n) is 7.51. The Bertz CT molecular complexity index is 629. The molecule has 1 aliphatic heterocycles. The molecule has 2 aliphatic rings. The number of carbonyl (C=O) groups is 3. The average Bonchev–Trinajstić information content (AvgIpc) is 2.83. The molecule has 0 bridgehead atoms. The average molecular weight is 301 g/mol. The van der Waals surface area contributed by atoms with Gasteiger partial charge in [0, 0.05) is 7.05 Å². The summed E-state index contributed by atoms with van der Waals surface area (Å²) in [5, 5.41) is 4.61. The predicted molar refractivity (Wildman–Crippen MR) is 80.0 cm³/mol. The Hall–Kier alpha value is -2.37. The molecule has 2 N–H and O–H groups in total. The molecule has 1 saturated heterocycles. The zero-order valence-corrected chi connectivity index (χ0v) is 12.5. The summed E-state index contributed by atoms with van der Waals surface area (Å²) in [5.41, 5.74) is 2.47. The van der Waals surface area contributed by atoms with Crippen LogP contribution in [0.25, 0.3) is 0 Å². The Balaban J connectivity index is 1.72. The van der Waals surface area contributed by atoms with Gasteiger partial charge in [0.05, 0.1) is 12.5 Å². The first-order chi connectivity index (χ1) is 10.6. The molecule has 0 radical (unpaired) electrons. The molecule has 1 heterocycles. The molecular weight excluding hydrogens is 282 g/mol. The lowest BCUT2D eigenvalue weighted by molar-refractivity contribution is -0.135. The van der Waals surface area contributed by atoms with Crippen molar-refractivity contribution in [1.82, 2.24) is 15.5 Å². The fourth-order valence-corrected chi connectivity index (χ4v) is 3.23. The number of urea groups is 1. The summed E-state index contributed by atoms with van der Waals surface area (Å²) in [7, 11) is 1.77. The number of hydrogen-bond donors (Lipinski definition) is 2. The van der Waals surface area contributed by atoms with E-state index >= 15 is 0 Å².